The van der Waals surface area contributed by atoms with Crippen molar-refractivity contribution in [2.45, 2.75) is 18.9 Å². The first-order valence-electron chi connectivity index (χ1n) is 8.40. The van der Waals surface area contributed by atoms with Gasteiger partial charge < -0.3 is 19.6 Å². The largest absolute Gasteiger partial charge is 0.494 e. The van der Waals surface area contributed by atoms with E-state index in [0.717, 1.165) is 11.3 Å². The summed E-state index contributed by atoms with van der Waals surface area (Å²) in [5.41, 5.74) is -0.504. The second kappa shape index (κ2) is 8.21. The summed E-state index contributed by atoms with van der Waals surface area (Å²) in [6.45, 7) is 2.57. The average Bonchev–Trinajstić information content (AvgIpc) is 3.36. The van der Waals surface area contributed by atoms with Crippen LogP contribution in [0.4, 0.5) is 0 Å². The summed E-state index contributed by atoms with van der Waals surface area (Å²) in [6, 6.07) is 14.5. The summed E-state index contributed by atoms with van der Waals surface area (Å²) in [6.07, 6.45) is 1.74. The summed E-state index contributed by atoms with van der Waals surface area (Å²) in [4.78, 5) is 13.0. The van der Waals surface area contributed by atoms with Gasteiger partial charge in [-0.3, -0.25) is 4.79 Å². The molecule has 0 aliphatic rings. The minimum absolute atomic E-state index is 0.0386. The molecule has 2 N–H and O–H groups in total. The molecular weight excluding hydrogens is 350 g/mol. The van der Waals surface area contributed by atoms with E-state index in [1.54, 1.807) is 12.1 Å². The van der Waals surface area contributed by atoms with Crippen LogP contribution in [-0.4, -0.2) is 24.2 Å². The van der Waals surface area contributed by atoms with E-state index in [4.69, 9.17) is 9.15 Å². The van der Waals surface area contributed by atoms with Crippen molar-refractivity contribution < 1.29 is 19.1 Å². The lowest BCUT2D eigenvalue weighted by Gasteiger charge is -2.25. The molecule has 0 aliphatic heterocycles. The normalized spacial score (nSPS) is 13.2. The molecule has 0 bridgehead atoms. The summed E-state index contributed by atoms with van der Waals surface area (Å²) < 4.78 is 10.8. The molecule has 1 atom stereocenters. The minimum atomic E-state index is -1.38. The van der Waals surface area contributed by atoms with Crippen LogP contribution in [0.3, 0.4) is 0 Å². The third kappa shape index (κ3) is 4.15. The number of rotatable bonds is 8. The van der Waals surface area contributed by atoms with Crippen molar-refractivity contribution in [3.05, 3.63) is 76.4 Å². The van der Waals surface area contributed by atoms with Gasteiger partial charge in [-0.15, -0.1) is 11.3 Å². The molecule has 2 heterocycles. The Balaban J connectivity index is 1.65. The van der Waals surface area contributed by atoms with Crippen LogP contribution in [0.5, 0.6) is 5.75 Å². The fraction of sp³-hybridized carbons (Fsp3) is 0.250. The van der Waals surface area contributed by atoms with E-state index in [-0.39, 0.29) is 18.9 Å². The number of ether oxygens (including phenoxy) is 1. The molecule has 6 heteroatoms. The maximum absolute atomic E-state index is 12.3. The molecule has 26 heavy (non-hydrogen) atoms. The average molecular weight is 371 g/mol. The van der Waals surface area contributed by atoms with E-state index in [1.165, 1.54) is 17.6 Å². The van der Waals surface area contributed by atoms with E-state index >= 15 is 0 Å². The molecule has 3 rings (SSSR count). The second-order valence-electron chi connectivity index (χ2n) is 5.85. The SMILES string of the molecule is CCOc1ccc(CC(=O)NCC(O)(c2ccco2)c2cccs2)cc1. The van der Waals surface area contributed by atoms with Gasteiger partial charge >= 0.3 is 0 Å². The minimum Gasteiger partial charge on any atom is -0.494 e. The number of aliphatic hydroxyl groups is 1. The lowest BCUT2D eigenvalue weighted by Crippen LogP contribution is -2.41. The van der Waals surface area contributed by atoms with Gasteiger partial charge in [0.2, 0.25) is 5.91 Å². The van der Waals surface area contributed by atoms with Gasteiger partial charge in [0.25, 0.3) is 0 Å². The number of carbonyl (C=O) groups excluding carboxylic acids is 1. The summed E-state index contributed by atoms with van der Waals surface area (Å²) in [5.74, 6) is 1.01. The van der Waals surface area contributed by atoms with Gasteiger partial charge in [-0.05, 0) is 48.2 Å². The molecule has 0 radical (unpaired) electrons. The van der Waals surface area contributed by atoms with Gasteiger partial charge in [-0.1, -0.05) is 18.2 Å². The van der Waals surface area contributed by atoms with E-state index < -0.39 is 5.60 Å². The van der Waals surface area contributed by atoms with Crippen molar-refractivity contribution in [2.75, 3.05) is 13.2 Å². The first-order chi connectivity index (χ1) is 12.6. The monoisotopic (exact) mass is 371 g/mol. The smallest absolute Gasteiger partial charge is 0.224 e. The number of thiophene rings is 1. The van der Waals surface area contributed by atoms with Crippen LogP contribution < -0.4 is 10.1 Å². The van der Waals surface area contributed by atoms with Crippen LogP contribution in [0, 0.1) is 0 Å². The molecule has 0 spiro atoms. The molecule has 0 aliphatic carbocycles. The van der Waals surface area contributed by atoms with Gasteiger partial charge in [0.05, 0.1) is 25.8 Å². The van der Waals surface area contributed by atoms with Crippen LogP contribution in [0.1, 0.15) is 23.1 Å². The van der Waals surface area contributed by atoms with E-state index in [9.17, 15) is 9.90 Å². The van der Waals surface area contributed by atoms with Crippen LogP contribution in [-0.2, 0) is 16.8 Å². The number of nitrogens with one attached hydrogen (secondary N) is 1. The van der Waals surface area contributed by atoms with E-state index in [0.29, 0.717) is 17.2 Å². The molecule has 0 fully saturated rings. The molecular formula is C20H21NO4S. The Kier molecular flexibility index (Phi) is 5.75. The Hall–Kier alpha value is -2.57. The van der Waals surface area contributed by atoms with Gasteiger partial charge in [0.15, 0.2) is 5.60 Å². The highest BCUT2D eigenvalue weighted by atomic mass is 32.1. The number of furan rings is 1. The van der Waals surface area contributed by atoms with Crippen molar-refractivity contribution in [1.82, 2.24) is 5.32 Å². The predicted octanol–water partition coefficient (Wildman–Crippen LogP) is 3.33. The summed E-state index contributed by atoms with van der Waals surface area (Å²) >= 11 is 1.41. The van der Waals surface area contributed by atoms with Gasteiger partial charge in [0, 0.05) is 4.88 Å². The van der Waals surface area contributed by atoms with Gasteiger partial charge in [-0.25, -0.2) is 0 Å². The molecule has 1 unspecified atom stereocenters. The third-order valence-electron chi connectivity index (χ3n) is 4.00. The molecule has 0 saturated carbocycles. The van der Waals surface area contributed by atoms with Crippen molar-refractivity contribution in [3.8, 4) is 5.75 Å². The standard InChI is InChI=1S/C20H21NO4S/c1-2-24-16-9-7-15(8-10-16)13-19(22)21-14-20(23,17-5-3-11-25-17)18-6-4-12-26-18/h3-12,23H,2,13-14H2,1H3,(H,21,22). The first kappa shape index (κ1) is 18.2. The zero-order valence-corrected chi connectivity index (χ0v) is 15.3. The Morgan fingerprint density at radius 2 is 2.04 bits per heavy atom. The van der Waals surface area contributed by atoms with Crippen LogP contribution in [0.2, 0.25) is 0 Å². The molecule has 2 aromatic heterocycles. The Morgan fingerprint density at radius 3 is 2.65 bits per heavy atom. The maximum atomic E-state index is 12.3. The zero-order chi connectivity index (χ0) is 18.4. The van der Waals surface area contributed by atoms with Gasteiger partial charge in [0.1, 0.15) is 11.5 Å². The summed E-state index contributed by atoms with van der Waals surface area (Å²) in [7, 11) is 0. The quantitative estimate of drug-likeness (QED) is 0.637. The fourth-order valence-corrected chi connectivity index (χ4v) is 3.50. The van der Waals surface area contributed by atoms with Crippen LogP contribution in [0.15, 0.2) is 64.6 Å². The van der Waals surface area contributed by atoms with E-state index in [1.807, 2.05) is 48.7 Å². The third-order valence-corrected chi connectivity index (χ3v) is 5.02. The van der Waals surface area contributed by atoms with Crippen LogP contribution in [0.25, 0.3) is 0 Å². The highest BCUT2D eigenvalue weighted by molar-refractivity contribution is 7.10. The molecule has 136 valence electrons. The van der Waals surface area contributed by atoms with Crippen molar-refractivity contribution in [1.29, 1.82) is 0 Å². The van der Waals surface area contributed by atoms with Gasteiger partial charge in [-0.2, -0.15) is 0 Å². The zero-order valence-electron chi connectivity index (χ0n) is 14.5. The molecule has 3 aromatic rings. The number of hydrogen-bond acceptors (Lipinski definition) is 5. The molecule has 5 nitrogen and oxygen atoms in total. The Morgan fingerprint density at radius 1 is 1.23 bits per heavy atom. The van der Waals surface area contributed by atoms with Crippen molar-refractivity contribution in [3.63, 3.8) is 0 Å². The molecule has 0 saturated heterocycles. The molecule has 1 aromatic carbocycles. The fourth-order valence-electron chi connectivity index (χ4n) is 2.67. The molecule has 1 amide bonds. The Labute approximate surface area is 156 Å². The first-order valence-corrected chi connectivity index (χ1v) is 9.28. The number of carbonyl (C=O) groups is 1. The summed E-state index contributed by atoms with van der Waals surface area (Å²) in [5, 5.41) is 15.8. The number of amides is 1. The topological polar surface area (TPSA) is 71.7 Å². The van der Waals surface area contributed by atoms with Crippen molar-refractivity contribution in [2.24, 2.45) is 0 Å². The highest BCUT2D eigenvalue weighted by Gasteiger charge is 2.36. The maximum Gasteiger partial charge on any atom is 0.224 e. The lowest BCUT2D eigenvalue weighted by molar-refractivity contribution is -0.121. The van der Waals surface area contributed by atoms with Crippen LogP contribution >= 0.6 is 11.3 Å². The lowest BCUT2D eigenvalue weighted by atomic mass is 9.98. The number of benzene rings is 1. The van der Waals surface area contributed by atoms with E-state index in [2.05, 4.69) is 5.32 Å². The Bertz CT molecular complexity index is 776. The van der Waals surface area contributed by atoms with Crippen molar-refractivity contribution >= 4 is 17.2 Å². The highest BCUT2D eigenvalue weighted by Crippen LogP contribution is 2.32. The second-order valence-corrected chi connectivity index (χ2v) is 6.79. The predicted molar refractivity (Wildman–Crippen MR) is 100 cm³/mol. The number of hydrogen-bond donors (Lipinski definition) is 2.